The summed E-state index contributed by atoms with van der Waals surface area (Å²) in [5, 5.41) is 3.89. The maximum Gasteiger partial charge on any atom is 0.229 e. The molecule has 1 aliphatic carbocycles. The van der Waals surface area contributed by atoms with E-state index in [4.69, 9.17) is 10.3 Å². The minimum atomic E-state index is -0.101. The van der Waals surface area contributed by atoms with Crippen LogP contribution in [0, 0.1) is 5.92 Å². The molecule has 4 nitrogen and oxygen atoms in total. The lowest BCUT2D eigenvalue weighted by molar-refractivity contribution is 0.363. The van der Waals surface area contributed by atoms with E-state index in [9.17, 15) is 0 Å². The van der Waals surface area contributed by atoms with Crippen LogP contribution in [-0.4, -0.2) is 10.1 Å². The van der Waals surface area contributed by atoms with Crippen LogP contribution >= 0.6 is 0 Å². The Morgan fingerprint density at radius 2 is 2.15 bits per heavy atom. The minimum Gasteiger partial charge on any atom is -0.339 e. The van der Waals surface area contributed by atoms with Gasteiger partial charge in [-0.3, -0.25) is 0 Å². The SMILES string of the molecule is CC(C)C(N)c1noc(C2CC2)n1. The molecule has 0 saturated heterocycles. The van der Waals surface area contributed by atoms with E-state index in [-0.39, 0.29) is 6.04 Å². The van der Waals surface area contributed by atoms with Gasteiger partial charge in [-0.05, 0) is 18.8 Å². The molecule has 1 unspecified atom stereocenters. The number of hydrogen-bond acceptors (Lipinski definition) is 4. The molecule has 2 rings (SSSR count). The standard InChI is InChI=1S/C9H15N3O/c1-5(2)7(10)8-11-9(13-12-8)6-3-4-6/h5-7H,3-4,10H2,1-2H3. The van der Waals surface area contributed by atoms with Crippen molar-refractivity contribution in [2.24, 2.45) is 11.7 Å². The zero-order valence-corrected chi connectivity index (χ0v) is 8.03. The molecule has 4 heteroatoms. The molecule has 0 radical (unpaired) electrons. The zero-order chi connectivity index (χ0) is 9.42. The van der Waals surface area contributed by atoms with Crippen LogP contribution in [0.1, 0.15) is 50.4 Å². The van der Waals surface area contributed by atoms with Gasteiger partial charge in [0.05, 0.1) is 6.04 Å². The largest absolute Gasteiger partial charge is 0.339 e. The number of hydrogen-bond donors (Lipinski definition) is 1. The fraction of sp³-hybridized carbons (Fsp3) is 0.778. The van der Waals surface area contributed by atoms with Gasteiger partial charge < -0.3 is 10.3 Å². The normalized spacial score (nSPS) is 19.4. The molecular formula is C9H15N3O. The molecule has 1 saturated carbocycles. The number of nitrogens with two attached hydrogens (primary N) is 1. The van der Waals surface area contributed by atoms with Crippen molar-refractivity contribution < 1.29 is 4.52 Å². The fourth-order valence-corrected chi connectivity index (χ4v) is 1.18. The molecule has 1 atom stereocenters. The Balaban J connectivity index is 2.11. The molecule has 0 spiro atoms. The van der Waals surface area contributed by atoms with Crippen LogP contribution in [0.25, 0.3) is 0 Å². The summed E-state index contributed by atoms with van der Waals surface area (Å²) < 4.78 is 5.12. The Morgan fingerprint density at radius 1 is 1.46 bits per heavy atom. The molecule has 1 aliphatic rings. The quantitative estimate of drug-likeness (QED) is 0.769. The van der Waals surface area contributed by atoms with Crippen molar-refractivity contribution >= 4 is 0 Å². The second-order valence-electron chi connectivity index (χ2n) is 4.03. The van der Waals surface area contributed by atoms with E-state index in [0.717, 1.165) is 5.89 Å². The Labute approximate surface area is 77.5 Å². The van der Waals surface area contributed by atoms with Crippen molar-refractivity contribution in [1.29, 1.82) is 0 Å². The first-order valence-electron chi connectivity index (χ1n) is 4.77. The number of aromatic nitrogens is 2. The van der Waals surface area contributed by atoms with Crippen LogP contribution in [-0.2, 0) is 0 Å². The average Bonchev–Trinajstić information content (AvgIpc) is 2.83. The van der Waals surface area contributed by atoms with E-state index in [1.165, 1.54) is 12.8 Å². The van der Waals surface area contributed by atoms with Gasteiger partial charge in [-0.1, -0.05) is 19.0 Å². The summed E-state index contributed by atoms with van der Waals surface area (Å²) in [5.41, 5.74) is 5.89. The first-order chi connectivity index (χ1) is 6.18. The molecule has 1 aromatic rings. The summed E-state index contributed by atoms with van der Waals surface area (Å²) in [7, 11) is 0. The van der Waals surface area contributed by atoms with Crippen molar-refractivity contribution in [3.05, 3.63) is 11.7 Å². The molecule has 0 aliphatic heterocycles. The topological polar surface area (TPSA) is 64.9 Å². The zero-order valence-electron chi connectivity index (χ0n) is 8.03. The van der Waals surface area contributed by atoms with Crippen molar-refractivity contribution in [2.45, 2.75) is 38.6 Å². The van der Waals surface area contributed by atoms with Crippen LogP contribution in [0.2, 0.25) is 0 Å². The van der Waals surface area contributed by atoms with Gasteiger partial charge in [0.1, 0.15) is 0 Å². The van der Waals surface area contributed by atoms with E-state index in [2.05, 4.69) is 24.0 Å². The maximum atomic E-state index is 5.89. The van der Waals surface area contributed by atoms with Gasteiger partial charge in [-0.25, -0.2) is 0 Å². The molecule has 13 heavy (non-hydrogen) atoms. The fourth-order valence-electron chi connectivity index (χ4n) is 1.18. The van der Waals surface area contributed by atoms with Crippen LogP contribution < -0.4 is 5.73 Å². The third-order valence-corrected chi connectivity index (χ3v) is 2.40. The van der Waals surface area contributed by atoms with E-state index < -0.39 is 0 Å². The summed E-state index contributed by atoms with van der Waals surface area (Å²) in [6.07, 6.45) is 2.36. The van der Waals surface area contributed by atoms with E-state index >= 15 is 0 Å². The Hall–Kier alpha value is -0.900. The van der Waals surface area contributed by atoms with Crippen LogP contribution in [0.3, 0.4) is 0 Å². The van der Waals surface area contributed by atoms with Crippen molar-refractivity contribution in [2.75, 3.05) is 0 Å². The molecular weight excluding hydrogens is 166 g/mol. The average molecular weight is 181 g/mol. The second kappa shape index (κ2) is 3.10. The van der Waals surface area contributed by atoms with Crippen molar-refractivity contribution in [3.63, 3.8) is 0 Å². The molecule has 2 N–H and O–H groups in total. The van der Waals surface area contributed by atoms with Crippen LogP contribution in [0.5, 0.6) is 0 Å². The van der Waals surface area contributed by atoms with Gasteiger partial charge in [0, 0.05) is 5.92 Å². The predicted octanol–water partition coefficient (Wildman–Crippen LogP) is 1.60. The Bertz CT molecular complexity index is 291. The van der Waals surface area contributed by atoms with Gasteiger partial charge in [-0.2, -0.15) is 4.98 Å². The van der Waals surface area contributed by atoms with Crippen LogP contribution in [0.15, 0.2) is 4.52 Å². The van der Waals surface area contributed by atoms with E-state index in [0.29, 0.717) is 17.7 Å². The highest BCUT2D eigenvalue weighted by Gasteiger charge is 2.30. The summed E-state index contributed by atoms with van der Waals surface area (Å²) >= 11 is 0. The predicted molar refractivity (Wildman–Crippen MR) is 48.0 cm³/mol. The lowest BCUT2D eigenvalue weighted by atomic mass is 10.1. The van der Waals surface area contributed by atoms with Gasteiger partial charge in [-0.15, -0.1) is 0 Å². The molecule has 1 heterocycles. The highest BCUT2D eigenvalue weighted by atomic mass is 16.5. The smallest absolute Gasteiger partial charge is 0.229 e. The monoisotopic (exact) mass is 181 g/mol. The number of nitrogens with zero attached hydrogens (tertiary/aromatic N) is 2. The van der Waals surface area contributed by atoms with Crippen molar-refractivity contribution in [1.82, 2.24) is 10.1 Å². The van der Waals surface area contributed by atoms with Gasteiger partial charge >= 0.3 is 0 Å². The molecule has 0 aromatic carbocycles. The highest BCUT2D eigenvalue weighted by molar-refractivity contribution is 5.03. The molecule has 1 aromatic heterocycles. The first kappa shape index (κ1) is 8.69. The molecule has 0 bridgehead atoms. The molecule has 0 amide bonds. The maximum absolute atomic E-state index is 5.89. The van der Waals surface area contributed by atoms with Gasteiger partial charge in [0.2, 0.25) is 5.89 Å². The third-order valence-electron chi connectivity index (χ3n) is 2.40. The second-order valence-corrected chi connectivity index (χ2v) is 4.03. The van der Waals surface area contributed by atoms with Gasteiger partial charge in [0.15, 0.2) is 5.82 Å². The summed E-state index contributed by atoms with van der Waals surface area (Å²) in [4.78, 5) is 4.29. The first-order valence-corrected chi connectivity index (χ1v) is 4.77. The van der Waals surface area contributed by atoms with Crippen LogP contribution in [0.4, 0.5) is 0 Å². The van der Waals surface area contributed by atoms with E-state index in [1.807, 2.05) is 0 Å². The van der Waals surface area contributed by atoms with Gasteiger partial charge in [0.25, 0.3) is 0 Å². The Kier molecular flexibility index (Phi) is 2.07. The third kappa shape index (κ3) is 1.72. The molecule has 1 fully saturated rings. The minimum absolute atomic E-state index is 0.101. The lowest BCUT2D eigenvalue weighted by Crippen LogP contribution is -2.18. The number of rotatable bonds is 3. The van der Waals surface area contributed by atoms with Crippen molar-refractivity contribution in [3.8, 4) is 0 Å². The highest BCUT2D eigenvalue weighted by Crippen LogP contribution is 2.39. The Morgan fingerprint density at radius 3 is 2.69 bits per heavy atom. The lowest BCUT2D eigenvalue weighted by Gasteiger charge is -2.09. The summed E-state index contributed by atoms with van der Waals surface area (Å²) in [5.74, 6) is 2.29. The van der Waals surface area contributed by atoms with E-state index in [1.54, 1.807) is 0 Å². The summed E-state index contributed by atoms with van der Waals surface area (Å²) in [6, 6.07) is -0.101. The summed E-state index contributed by atoms with van der Waals surface area (Å²) in [6.45, 7) is 4.11. The molecule has 72 valence electrons.